The number of methoxy groups -OCH3 is 1. The van der Waals surface area contributed by atoms with Crippen molar-refractivity contribution in [3.8, 4) is 11.5 Å². The molecule has 3 rings (SSSR count). The van der Waals surface area contributed by atoms with Crippen molar-refractivity contribution in [3.63, 3.8) is 0 Å². The first kappa shape index (κ1) is 12.5. The van der Waals surface area contributed by atoms with Gasteiger partial charge in [0.25, 0.3) is 0 Å². The molecule has 0 aliphatic rings. The Morgan fingerprint density at radius 2 is 1.90 bits per heavy atom. The summed E-state index contributed by atoms with van der Waals surface area (Å²) >= 11 is 0. The maximum Gasteiger partial charge on any atom is 0.344 e. The fraction of sp³-hybridized carbons (Fsp3) is 0.188. The van der Waals surface area contributed by atoms with Gasteiger partial charge in [-0.2, -0.15) is 0 Å². The second kappa shape index (κ2) is 4.27. The molecule has 1 heterocycles. The van der Waals surface area contributed by atoms with Gasteiger partial charge in [-0.05, 0) is 43.7 Å². The number of aryl methyl sites for hydroxylation is 2. The summed E-state index contributed by atoms with van der Waals surface area (Å²) in [6.07, 6.45) is 0. The van der Waals surface area contributed by atoms with Crippen molar-refractivity contribution in [2.45, 2.75) is 13.8 Å². The van der Waals surface area contributed by atoms with E-state index in [1.54, 1.807) is 26.2 Å². The number of phenolic OH excluding ortho intramolecular Hbond substituents is 1. The summed E-state index contributed by atoms with van der Waals surface area (Å²) in [5, 5.41) is 12.0. The zero-order valence-corrected chi connectivity index (χ0v) is 11.5. The Kier molecular flexibility index (Phi) is 2.67. The van der Waals surface area contributed by atoms with Crippen LogP contribution in [0.1, 0.15) is 11.1 Å². The molecule has 0 saturated carbocycles. The van der Waals surface area contributed by atoms with Crippen LogP contribution in [0.25, 0.3) is 21.7 Å². The van der Waals surface area contributed by atoms with Crippen LogP contribution >= 0.6 is 0 Å². The fourth-order valence-electron chi connectivity index (χ4n) is 2.52. The van der Waals surface area contributed by atoms with Gasteiger partial charge in [0.2, 0.25) is 0 Å². The number of benzene rings is 2. The lowest BCUT2D eigenvalue weighted by atomic mass is 10.00. The Bertz CT molecular complexity index is 890. The molecular weight excluding hydrogens is 256 g/mol. The average Bonchev–Trinajstić information content (AvgIpc) is 2.44. The SMILES string of the molecule is COc1ccc2c(c1)c(=O)oc1c(C)c(O)cc(C)c12. The van der Waals surface area contributed by atoms with Gasteiger partial charge in [-0.3, -0.25) is 0 Å². The normalized spacial score (nSPS) is 11.2. The molecule has 4 heteroatoms. The average molecular weight is 270 g/mol. The molecule has 0 amide bonds. The number of fused-ring (bicyclic) bond motifs is 3. The maximum atomic E-state index is 12.1. The van der Waals surface area contributed by atoms with Crippen molar-refractivity contribution in [1.29, 1.82) is 0 Å². The monoisotopic (exact) mass is 270 g/mol. The van der Waals surface area contributed by atoms with Gasteiger partial charge >= 0.3 is 5.63 Å². The van der Waals surface area contributed by atoms with Gasteiger partial charge in [0.05, 0.1) is 12.5 Å². The van der Waals surface area contributed by atoms with Gasteiger partial charge < -0.3 is 14.3 Å². The topological polar surface area (TPSA) is 59.7 Å². The summed E-state index contributed by atoms with van der Waals surface area (Å²) in [5.41, 5.74) is 1.44. The minimum absolute atomic E-state index is 0.131. The zero-order chi connectivity index (χ0) is 14.4. The first-order chi connectivity index (χ1) is 9.52. The Balaban J connectivity index is 2.60. The third kappa shape index (κ3) is 1.65. The third-order valence-electron chi connectivity index (χ3n) is 3.61. The smallest absolute Gasteiger partial charge is 0.344 e. The van der Waals surface area contributed by atoms with E-state index in [1.807, 2.05) is 19.1 Å². The van der Waals surface area contributed by atoms with Crippen LogP contribution in [0.3, 0.4) is 0 Å². The van der Waals surface area contributed by atoms with Crippen molar-refractivity contribution in [1.82, 2.24) is 0 Å². The molecule has 3 aromatic rings. The highest BCUT2D eigenvalue weighted by Gasteiger charge is 2.14. The number of rotatable bonds is 1. The minimum Gasteiger partial charge on any atom is -0.508 e. The Morgan fingerprint density at radius 3 is 2.60 bits per heavy atom. The summed E-state index contributed by atoms with van der Waals surface area (Å²) in [6, 6.07) is 7.00. The van der Waals surface area contributed by atoms with Crippen LogP contribution in [-0.4, -0.2) is 12.2 Å². The van der Waals surface area contributed by atoms with E-state index in [9.17, 15) is 9.90 Å². The molecule has 0 aliphatic heterocycles. The molecule has 4 nitrogen and oxygen atoms in total. The lowest BCUT2D eigenvalue weighted by molar-refractivity contribution is 0.415. The maximum absolute atomic E-state index is 12.1. The largest absolute Gasteiger partial charge is 0.508 e. The van der Waals surface area contributed by atoms with Gasteiger partial charge in [0.15, 0.2) is 0 Å². The molecule has 0 bridgehead atoms. The standard InChI is InChI=1S/C16H14O4/c1-8-6-13(17)9(2)15-14(8)11-5-4-10(19-3)7-12(11)16(18)20-15/h4-7,17H,1-3H3. The molecule has 1 aromatic heterocycles. The molecular formula is C16H14O4. The van der Waals surface area contributed by atoms with E-state index in [-0.39, 0.29) is 5.75 Å². The molecule has 0 saturated heterocycles. The highest BCUT2D eigenvalue weighted by atomic mass is 16.5. The van der Waals surface area contributed by atoms with E-state index in [2.05, 4.69) is 0 Å². The highest BCUT2D eigenvalue weighted by Crippen LogP contribution is 2.34. The van der Waals surface area contributed by atoms with E-state index in [4.69, 9.17) is 9.15 Å². The number of ether oxygens (including phenoxy) is 1. The van der Waals surface area contributed by atoms with Crippen LogP contribution in [0, 0.1) is 13.8 Å². The lowest BCUT2D eigenvalue weighted by Gasteiger charge is -2.10. The second-order valence-corrected chi connectivity index (χ2v) is 4.84. The van der Waals surface area contributed by atoms with Crippen LogP contribution < -0.4 is 10.4 Å². The first-order valence-corrected chi connectivity index (χ1v) is 6.26. The highest BCUT2D eigenvalue weighted by molar-refractivity contribution is 6.07. The number of hydrogen-bond donors (Lipinski definition) is 1. The third-order valence-corrected chi connectivity index (χ3v) is 3.61. The number of phenols is 1. The van der Waals surface area contributed by atoms with Gasteiger partial charge in [0, 0.05) is 16.3 Å². The predicted molar refractivity (Wildman–Crippen MR) is 77.7 cm³/mol. The summed E-state index contributed by atoms with van der Waals surface area (Å²) in [5.74, 6) is 0.739. The molecule has 2 aromatic carbocycles. The van der Waals surface area contributed by atoms with Crippen molar-refractivity contribution >= 4 is 21.7 Å². The van der Waals surface area contributed by atoms with Gasteiger partial charge in [0.1, 0.15) is 17.1 Å². The molecule has 0 spiro atoms. The van der Waals surface area contributed by atoms with E-state index in [1.165, 1.54) is 0 Å². The van der Waals surface area contributed by atoms with Crippen molar-refractivity contribution < 1.29 is 14.3 Å². The van der Waals surface area contributed by atoms with Crippen LogP contribution in [0.2, 0.25) is 0 Å². The molecule has 0 unspecified atom stereocenters. The molecule has 0 aliphatic carbocycles. The molecule has 0 atom stereocenters. The summed E-state index contributed by atoms with van der Waals surface area (Å²) in [7, 11) is 1.55. The fourth-order valence-corrected chi connectivity index (χ4v) is 2.52. The molecule has 0 fully saturated rings. The van der Waals surface area contributed by atoms with Crippen LogP contribution in [0.5, 0.6) is 11.5 Å². The van der Waals surface area contributed by atoms with Crippen LogP contribution in [0.4, 0.5) is 0 Å². The minimum atomic E-state index is -0.431. The van der Waals surface area contributed by atoms with E-state index in [0.717, 1.165) is 16.3 Å². The first-order valence-electron chi connectivity index (χ1n) is 6.26. The Morgan fingerprint density at radius 1 is 1.15 bits per heavy atom. The Labute approximate surface area is 115 Å². The van der Waals surface area contributed by atoms with Crippen molar-refractivity contribution in [3.05, 3.63) is 45.8 Å². The van der Waals surface area contributed by atoms with E-state index in [0.29, 0.717) is 22.3 Å². The van der Waals surface area contributed by atoms with Crippen LogP contribution in [-0.2, 0) is 0 Å². The van der Waals surface area contributed by atoms with Crippen molar-refractivity contribution in [2.24, 2.45) is 0 Å². The van der Waals surface area contributed by atoms with Gasteiger partial charge in [-0.1, -0.05) is 0 Å². The molecule has 20 heavy (non-hydrogen) atoms. The lowest BCUT2D eigenvalue weighted by Crippen LogP contribution is -2.02. The molecule has 0 radical (unpaired) electrons. The van der Waals surface area contributed by atoms with Gasteiger partial charge in [-0.25, -0.2) is 4.79 Å². The second-order valence-electron chi connectivity index (χ2n) is 4.84. The summed E-state index contributed by atoms with van der Waals surface area (Å²) in [6.45, 7) is 3.61. The van der Waals surface area contributed by atoms with Crippen molar-refractivity contribution in [2.75, 3.05) is 7.11 Å². The van der Waals surface area contributed by atoms with E-state index < -0.39 is 5.63 Å². The predicted octanol–water partition coefficient (Wildman–Crippen LogP) is 3.28. The summed E-state index contributed by atoms with van der Waals surface area (Å²) < 4.78 is 10.5. The van der Waals surface area contributed by atoms with Crippen LogP contribution in [0.15, 0.2) is 33.5 Å². The molecule has 1 N–H and O–H groups in total. The summed E-state index contributed by atoms with van der Waals surface area (Å²) in [4.78, 5) is 12.1. The quantitative estimate of drug-likeness (QED) is 0.544. The number of aromatic hydroxyl groups is 1. The zero-order valence-electron chi connectivity index (χ0n) is 11.5. The van der Waals surface area contributed by atoms with Gasteiger partial charge in [-0.15, -0.1) is 0 Å². The Hall–Kier alpha value is -2.49. The van der Waals surface area contributed by atoms with E-state index >= 15 is 0 Å². The number of hydrogen-bond acceptors (Lipinski definition) is 4. The molecule has 102 valence electrons.